The lowest BCUT2D eigenvalue weighted by atomic mass is 10.2. The lowest BCUT2D eigenvalue weighted by Gasteiger charge is -2.20. The third-order valence-corrected chi connectivity index (χ3v) is 2.42. The molecule has 5 heteroatoms. The first-order valence-corrected chi connectivity index (χ1v) is 6.03. The molecule has 0 saturated carbocycles. The topological polar surface area (TPSA) is 70.5 Å². The van der Waals surface area contributed by atoms with E-state index in [1.807, 2.05) is 19.9 Å². The third-order valence-electron chi connectivity index (χ3n) is 2.42. The van der Waals surface area contributed by atoms with Gasteiger partial charge in [0, 0.05) is 31.6 Å². The summed E-state index contributed by atoms with van der Waals surface area (Å²) in [7, 11) is 0. The molecule has 0 saturated heterocycles. The number of carbonyl (C=O) groups is 2. The molecule has 1 N–H and O–H groups in total. The first kappa shape index (κ1) is 14.9. The number of aliphatic carboxylic acids is 1. The summed E-state index contributed by atoms with van der Waals surface area (Å²) in [6.07, 6.45) is 4.77. The molecule has 102 valence electrons. The molecule has 1 rings (SSSR count). The zero-order chi connectivity index (χ0) is 14.3. The number of nitrogens with zero attached hydrogens (tertiary/aromatic N) is 2. The first-order chi connectivity index (χ1) is 8.99. The Morgan fingerprint density at radius 2 is 2.16 bits per heavy atom. The van der Waals surface area contributed by atoms with Gasteiger partial charge in [0.05, 0.1) is 6.42 Å². The van der Waals surface area contributed by atoms with Crippen LogP contribution in [0.25, 0.3) is 0 Å². The van der Waals surface area contributed by atoms with E-state index >= 15 is 0 Å². The zero-order valence-electron chi connectivity index (χ0n) is 11.2. The highest BCUT2D eigenvalue weighted by Crippen LogP contribution is 2.06. The van der Waals surface area contributed by atoms with E-state index in [0.29, 0.717) is 6.54 Å². The Kier molecular flexibility index (Phi) is 5.73. The number of aromatic nitrogens is 1. The van der Waals surface area contributed by atoms with Crippen molar-refractivity contribution in [3.05, 3.63) is 41.7 Å². The maximum atomic E-state index is 12.0. The minimum Gasteiger partial charge on any atom is -0.481 e. The average Bonchev–Trinajstić information content (AvgIpc) is 2.34. The van der Waals surface area contributed by atoms with Crippen LogP contribution in [0.5, 0.6) is 0 Å². The Balaban J connectivity index is 2.77. The highest BCUT2D eigenvalue weighted by Gasteiger charge is 2.13. The number of carboxylic acids is 1. The molecule has 0 unspecified atom stereocenters. The summed E-state index contributed by atoms with van der Waals surface area (Å²) in [5, 5.41) is 8.73. The fraction of sp³-hybridized carbons (Fsp3) is 0.357. The van der Waals surface area contributed by atoms with Crippen molar-refractivity contribution in [3.63, 3.8) is 0 Å². The van der Waals surface area contributed by atoms with Crippen LogP contribution in [0.3, 0.4) is 0 Å². The second kappa shape index (κ2) is 7.31. The van der Waals surface area contributed by atoms with Crippen molar-refractivity contribution in [2.45, 2.75) is 26.8 Å². The maximum absolute atomic E-state index is 12.0. The van der Waals surface area contributed by atoms with Crippen molar-refractivity contribution in [2.75, 3.05) is 6.54 Å². The highest BCUT2D eigenvalue weighted by molar-refractivity contribution is 5.88. The van der Waals surface area contributed by atoms with Crippen LogP contribution in [0.2, 0.25) is 0 Å². The number of pyridine rings is 1. The third kappa shape index (κ3) is 5.81. The number of rotatable bonds is 6. The summed E-state index contributed by atoms with van der Waals surface area (Å²) in [4.78, 5) is 28.1. The molecule has 0 fully saturated rings. The molecule has 1 aromatic heterocycles. The molecular weight excluding hydrogens is 244 g/mol. The fourth-order valence-electron chi connectivity index (χ4n) is 1.55. The number of allylic oxidation sites excluding steroid dienone is 1. The smallest absolute Gasteiger partial charge is 0.305 e. The predicted molar refractivity (Wildman–Crippen MR) is 71.3 cm³/mol. The van der Waals surface area contributed by atoms with Crippen molar-refractivity contribution in [2.24, 2.45) is 0 Å². The van der Waals surface area contributed by atoms with Gasteiger partial charge in [-0.15, -0.1) is 0 Å². The van der Waals surface area contributed by atoms with E-state index in [4.69, 9.17) is 5.11 Å². The summed E-state index contributed by atoms with van der Waals surface area (Å²) in [5.41, 5.74) is 1.76. The molecule has 0 aromatic carbocycles. The molecular formula is C14H18N2O3. The molecule has 1 aromatic rings. The minimum atomic E-state index is -0.916. The normalized spacial score (nSPS) is 9.79. The van der Waals surface area contributed by atoms with E-state index in [9.17, 15) is 9.59 Å². The van der Waals surface area contributed by atoms with Gasteiger partial charge in [0.25, 0.3) is 0 Å². The Bertz CT molecular complexity index is 465. The molecule has 0 aliphatic carbocycles. The number of hydrogen-bond acceptors (Lipinski definition) is 3. The van der Waals surface area contributed by atoms with Crippen LogP contribution < -0.4 is 0 Å². The molecule has 0 bridgehead atoms. The van der Waals surface area contributed by atoms with Gasteiger partial charge in [0.2, 0.25) is 5.91 Å². The molecule has 1 amide bonds. The van der Waals surface area contributed by atoms with Crippen molar-refractivity contribution in [1.82, 2.24) is 9.88 Å². The van der Waals surface area contributed by atoms with Crippen LogP contribution in [-0.4, -0.2) is 33.4 Å². The average molecular weight is 262 g/mol. The SMILES string of the molecule is CC(C)=CC(=O)N(CCC(=O)O)Cc1cccnc1. The van der Waals surface area contributed by atoms with Crippen LogP contribution >= 0.6 is 0 Å². The predicted octanol–water partition coefficient (Wildman–Crippen LogP) is 1.85. The van der Waals surface area contributed by atoms with Crippen molar-refractivity contribution >= 4 is 11.9 Å². The van der Waals surface area contributed by atoms with Gasteiger partial charge in [-0.3, -0.25) is 14.6 Å². The van der Waals surface area contributed by atoms with Gasteiger partial charge in [0.15, 0.2) is 0 Å². The van der Waals surface area contributed by atoms with Crippen LogP contribution in [0, 0.1) is 0 Å². The lowest BCUT2D eigenvalue weighted by molar-refractivity contribution is -0.138. The van der Waals surface area contributed by atoms with E-state index in [2.05, 4.69) is 4.98 Å². The Hall–Kier alpha value is -2.17. The summed E-state index contributed by atoms with van der Waals surface area (Å²) < 4.78 is 0. The second-order valence-electron chi connectivity index (χ2n) is 4.49. The van der Waals surface area contributed by atoms with E-state index in [1.54, 1.807) is 18.5 Å². The van der Waals surface area contributed by atoms with Gasteiger partial charge in [-0.05, 0) is 25.5 Å². The van der Waals surface area contributed by atoms with Crippen LogP contribution in [-0.2, 0) is 16.1 Å². The minimum absolute atomic E-state index is 0.0669. The number of carbonyl (C=O) groups excluding carboxylic acids is 1. The molecule has 0 radical (unpaired) electrons. The number of amides is 1. The second-order valence-corrected chi connectivity index (χ2v) is 4.49. The van der Waals surface area contributed by atoms with Gasteiger partial charge in [0.1, 0.15) is 0 Å². The van der Waals surface area contributed by atoms with E-state index in [1.165, 1.54) is 11.0 Å². The number of hydrogen-bond donors (Lipinski definition) is 1. The van der Waals surface area contributed by atoms with Crippen LogP contribution in [0.15, 0.2) is 36.2 Å². The Morgan fingerprint density at radius 1 is 1.42 bits per heavy atom. The summed E-state index contributed by atoms with van der Waals surface area (Å²) in [6.45, 7) is 4.21. The van der Waals surface area contributed by atoms with Crippen molar-refractivity contribution in [3.8, 4) is 0 Å². The van der Waals surface area contributed by atoms with Gasteiger partial charge in [-0.25, -0.2) is 0 Å². The fourth-order valence-corrected chi connectivity index (χ4v) is 1.55. The van der Waals surface area contributed by atoms with E-state index in [-0.39, 0.29) is 18.9 Å². The molecule has 19 heavy (non-hydrogen) atoms. The Labute approximate surface area is 112 Å². The standard InChI is InChI=1S/C14H18N2O3/c1-11(2)8-13(17)16(7-5-14(18)19)10-12-4-3-6-15-9-12/h3-4,6,8-9H,5,7,10H2,1-2H3,(H,18,19). The van der Waals surface area contributed by atoms with Crippen molar-refractivity contribution in [1.29, 1.82) is 0 Å². The quantitative estimate of drug-likeness (QED) is 0.794. The molecule has 1 heterocycles. The molecule has 5 nitrogen and oxygen atoms in total. The molecule has 0 aliphatic rings. The molecule has 0 spiro atoms. The van der Waals surface area contributed by atoms with E-state index in [0.717, 1.165) is 11.1 Å². The maximum Gasteiger partial charge on any atom is 0.305 e. The van der Waals surface area contributed by atoms with Gasteiger partial charge >= 0.3 is 5.97 Å². The highest BCUT2D eigenvalue weighted by atomic mass is 16.4. The summed E-state index contributed by atoms with van der Waals surface area (Å²) in [5.74, 6) is -1.09. The van der Waals surface area contributed by atoms with Gasteiger partial charge in [-0.2, -0.15) is 0 Å². The monoisotopic (exact) mass is 262 g/mol. The first-order valence-electron chi connectivity index (χ1n) is 6.03. The zero-order valence-corrected chi connectivity index (χ0v) is 11.2. The van der Waals surface area contributed by atoms with Gasteiger partial charge < -0.3 is 10.0 Å². The van der Waals surface area contributed by atoms with E-state index < -0.39 is 5.97 Å². The Morgan fingerprint density at radius 3 is 2.68 bits per heavy atom. The molecule has 0 aliphatic heterocycles. The largest absolute Gasteiger partial charge is 0.481 e. The number of carboxylic acid groups (broad SMARTS) is 1. The van der Waals surface area contributed by atoms with Gasteiger partial charge in [-0.1, -0.05) is 11.6 Å². The van der Waals surface area contributed by atoms with Crippen molar-refractivity contribution < 1.29 is 14.7 Å². The lowest BCUT2D eigenvalue weighted by Crippen LogP contribution is -2.31. The summed E-state index contributed by atoms with van der Waals surface area (Å²) in [6, 6.07) is 3.65. The summed E-state index contributed by atoms with van der Waals surface area (Å²) >= 11 is 0. The van der Waals surface area contributed by atoms with Crippen LogP contribution in [0.1, 0.15) is 25.8 Å². The molecule has 0 atom stereocenters. The van der Waals surface area contributed by atoms with Crippen LogP contribution in [0.4, 0.5) is 0 Å².